The number of pyridine rings is 1. The molecule has 0 spiro atoms. The Labute approximate surface area is 148 Å². The first-order valence-electron chi connectivity index (χ1n) is 6.45. The first-order valence-corrected chi connectivity index (χ1v) is 7.24. The van der Waals surface area contributed by atoms with Crippen molar-refractivity contribution in [2.24, 2.45) is 0 Å². The summed E-state index contributed by atoms with van der Waals surface area (Å²) in [6.07, 6.45) is -10.1. The Bertz CT molecular complexity index is 741. The van der Waals surface area contributed by atoms with Gasteiger partial charge in [-0.15, -0.1) is 0 Å². The maximum Gasteiger partial charge on any atom is 0.433 e. The molecule has 0 fully saturated rings. The summed E-state index contributed by atoms with van der Waals surface area (Å²) < 4.78 is 76.4. The molecule has 0 atom stereocenters. The third-order valence-electron chi connectivity index (χ3n) is 2.77. The van der Waals surface area contributed by atoms with E-state index >= 15 is 0 Å². The standard InChI is InChI=1S/C14H8ClF6N3S/c15-7-1-3-8(4-2-7)22-12(25)23-9-5-10(13(16,17)18)24-11(6-9)14(19,20)21/h1-6H,(H2,22,23,24,25). The number of hydrogen-bond acceptors (Lipinski definition) is 2. The van der Waals surface area contributed by atoms with E-state index in [0.29, 0.717) is 22.8 Å². The number of nitrogens with one attached hydrogen (secondary N) is 2. The maximum atomic E-state index is 12.7. The summed E-state index contributed by atoms with van der Waals surface area (Å²) in [5.74, 6) is 0. The summed E-state index contributed by atoms with van der Waals surface area (Å²) in [4.78, 5) is 2.61. The van der Waals surface area contributed by atoms with E-state index in [1.807, 2.05) is 0 Å². The van der Waals surface area contributed by atoms with Crippen molar-refractivity contribution < 1.29 is 26.3 Å². The summed E-state index contributed by atoms with van der Waals surface area (Å²) in [5, 5.41) is 5.14. The molecule has 0 aliphatic carbocycles. The van der Waals surface area contributed by atoms with Crippen molar-refractivity contribution in [3.05, 3.63) is 52.8 Å². The number of alkyl halides is 6. The molecule has 134 valence electrons. The van der Waals surface area contributed by atoms with Crippen LogP contribution < -0.4 is 10.6 Å². The van der Waals surface area contributed by atoms with Crippen LogP contribution in [0.3, 0.4) is 0 Å². The molecule has 0 aliphatic rings. The highest BCUT2D eigenvalue weighted by molar-refractivity contribution is 7.80. The predicted octanol–water partition coefficient (Wildman–Crippen LogP) is 5.58. The van der Waals surface area contributed by atoms with E-state index < -0.39 is 29.4 Å². The van der Waals surface area contributed by atoms with Gasteiger partial charge in [0, 0.05) is 16.4 Å². The van der Waals surface area contributed by atoms with Crippen molar-refractivity contribution in [3.63, 3.8) is 0 Å². The number of nitrogens with zero attached hydrogens (tertiary/aromatic N) is 1. The minimum atomic E-state index is -5.04. The van der Waals surface area contributed by atoms with Crippen LogP contribution in [-0.2, 0) is 12.4 Å². The Morgan fingerprint density at radius 1 is 0.840 bits per heavy atom. The van der Waals surface area contributed by atoms with Crippen LogP contribution in [0.25, 0.3) is 0 Å². The van der Waals surface area contributed by atoms with Gasteiger partial charge in [0.25, 0.3) is 0 Å². The maximum absolute atomic E-state index is 12.7. The molecule has 0 unspecified atom stereocenters. The van der Waals surface area contributed by atoms with Gasteiger partial charge in [0.05, 0.1) is 0 Å². The van der Waals surface area contributed by atoms with Crippen molar-refractivity contribution in [2.45, 2.75) is 12.4 Å². The summed E-state index contributed by atoms with van der Waals surface area (Å²) in [6, 6.07) is 7.00. The smallest absolute Gasteiger partial charge is 0.332 e. The first-order chi connectivity index (χ1) is 11.4. The second-order valence-corrected chi connectivity index (χ2v) is 5.55. The van der Waals surface area contributed by atoms with Gasteiger partial charge in [-0.25, -0.2) is 4.98 Å². The molecule has 0 amide bonds. The van der Waals surface area contributed by atoms with Crippen molar-refractivity contribution in [1.82, 2.24) is 4.98 Å². The zero-order valence-corrected chi connectivity index (χ0v) is 13.5. The number of benzene rings is 1. The lowest BCUT2D eigenvalue weighted by atomic mass is 10.2. The van der Waals surface area contributed by atoms with Crippen LogP contribution in [0.2, 0.25) is 5.02 Å². The number of rotatable bonds is 2. The molecule has 1 aromatic carbocycles. The van der Waals surface area contributed by atoms with Crippen molar-refractivity contribution in [2.75, 3.05) is 10.6 Å². The fraction of sp³-hybridized carbons (Fsp3) is 0.143. The summed E-state index contributed by atoms with van der Waals surface area (Å²) in [6.45, 7) is 0. The highest BCUT2D eigenvalue weighted by atomic mass is 35.5. The van der Waals surface area contributed by atoms with Crippen molar-refractivity contribution in [3.8, 4) is 0 Å². The summed E-state index contributed by atoms with van der Waals surface area (Å²) >= 11 is 10.6. The highest BCUT2D eigenvalue weighted by Crippen LogP contribution is 2.35. The lowest BCUT2D eigenvalue weighted by Crippen LogP contribution is -2.21. The predicted molar refractivity (Wildman–Crippen MR) is 85.5 cm³/mol. The normalized spacial score (nSPS) is 12.0. The minimum absolute atomic E-state index is 0.199. The lowest BCUT2D eigenvalue weighted by Gasteiger charge is -2.15. The van der Waals surface area contributed by atoms with Gasteiger partial charge in [0.2, 0.25) is 0 Å². The van der Waals surface area contributed by atoms with Crippen LogP contribution >= 0.6 is 23.8 Å². The average Bonchev–Trinajstić information content (AvgIpc) is 2.47. The van der Waals surface area contributed by atoms with E-state index in [1.54, 1.807) is 0 Å². The van der Waals surface area contributed by atoms with E-state index in [2.05, 4.69) is 15.6 Å². The first kappa shape index (κ1) is 19.3. The Kier molecular flexibility index (Phi) is 5.43. The molecule has 2 aromatic rings. The van der Waals surface area contributed by atoms with Gasteiger partial charge in [0.15, 0.2) is 5.11 Å². The molecule has 11 heteroatoms. The SMILES string of the molecule is FC(F)(F)c1cc(NC(=S)Nc2ccc(Cl)cc2)cc(C(F)(F)F)n1. The summed E-state index contributed by atoms with van der Waals surface area (Å²) in [5.41, 5.74) is -3.41. The summed E-state index contributed by atoms with van der Waals surface area (Å²) in [7, 11) is 0. The molecule has 0 saturated carbocycles. The highest BCUT2D eigenvalue weighted by Gasteiger charge is 2.38. The molecular weight excluding hydrogens is 392 g/mol. The molecule has 0 bridgehead atoms. The number of halogens is 7. The quantitative estimate of drug-likeness (QED) is 0.510. The van der Waals surface area contributed by atoms with Gasteiger partial charge in [-0.05, 0) is 48.6 Å². The average molecular weight is 400 g/mol. The molecule has 0 saturated heterocycles. The van der Waals surface area contributed by atoms with E-state index in [9.17, 15) is 26.3 Å². The van der Waals surface area contributed by atoms with Gasteiger partial charge >= 0.3 is 12.4 Å². The van der Waals surface area contributed by atoms with Crippen molar-refractivity contribution >= 4 is 40.3 Å². The Hall–Kier alpha value is -2.07. The van der Waals surface area contributed by atoms with E-state index in [1.165, 1.54) is 24.3 Å². The Morgan fingerprint density at radius 2 is 1.28 bits per heavy atom. The van der Waals surface area contributed by atoms with Crippen LogP contribution in [0.15, 0.2) is 36.4 Å². The van der Waals surface area contributed by atoms with Gasteiger partial charge in [-0.3, -0.25) is 0 Å². The number of hydrogen-bond donors (Lipinski definition) is 2. The lowest BCUT2D eigenvalue weighted by molar-refractivity contribution is -0.150. The second kappa shape index (κ2) is 7.04. The van der Waals surface area contributed by atoms with Crippen LogP contribution in [0, 0.1) is 0 Å². The van der Waals surface area contributed by atoms with E-state index in [4.69, 9.17) is 23.8 Å². The Balaban J connectivity index is 2.25. The van der Waals surface area contributed by atoms with Crippen LogP contribution in [-0.4, -0.2) is 10.1 Å². The van der Waals surface area contributed by atoms with Gasteiger partial charge in [-0.1, -0.05) is 11.6 Å². The molecular formula is C14H8ClF6N3S. The monoisotopic (exact) mass is 399 g/mol. The minimum Gasteiger partial charge on any atom is -0.332 e. The van der Waals surface area contributed by atoms with Gasteiger partial charge < -0.3 is 10.6 Å². The number of anilines is 2. The molecule has 1 heterocycles. The second-order valence-electron chi connectivity index (χ2n) is 4.71. The zero-order valence-electron chi connectivity index (χ0n) is 12.0. The Morgan fingerprint density at radius 3 is 1.72 bits per heavy atom. The molecule has 3 nitrogen and oxygen atoms in total. The molecule has 0 aliphatic heterocycles. The van der Waals surface area contributed by atoms with Crippen LogP contribution in [0.1, 0.15) is 11.4 Å². The number of aromatic nitrogens is 1. The molecule has 2 N–H and O–H groups in total. The van der Waals surface area contributed by atoms with Gasteiger partial charge in [-0.2, -0.15) is 26.3 Å². The molecule has 25 heavy (non-hydrogen) atoms. The largest absolute Gasteiger partial charge is 0.433 e. The van der Waals surface area contributed by atoms with Crippen molar-refractivity contribution in [1.29, 1.82) is 0 Å². The van der Waals surface area contributed by atoms with Crippen LogP contribution in [0.4, 0.5) is 37.7 Å². The molecule has 0 radical (unpaired) electrons. The fourth-order valence-corrected chi connectivity index (χ4v) is 2.08. The van der Waals surface area contributed by atoms with E-state index in [0.717, 1.165) is 0 Å². The fourth-order valence-electron chi connectivity index (χ4n) is 1.72. The molecule has 1 aromatic heterocycles. The van der Waals surface area contributed by atoms with Gasteiger partial charge in [0.1, 0.15) is 11.4 Å². The third-order valence-corrected chi connectivity index (χ3v) is 3.22. The topological polar surface area (TPSA) is 37.0 Å². The number of thiocarbonyl (C=S) groups is 1. The van der Waals surface area contributed by atoms with E-state index in [-0.39, 0.29) is 5.11 Å². The van der Waals surface area contributed by atoms with Crippen LogP contribution in [0.5, 0.6) is 0 Å². The zero-order chi connectivity index (χ0) is 18.8. The molecule has 2 rings (SSSR count). The third kappa shape index (κ3) is 5.46.